The molecular weight excluding hydrogens is 458 g/mol. The highest BCUT2D eigenvalue weighted by Crippen LogP contribution is 2.17. The Bertz CT molecular complexity index is 786. The maximum absolute atomic E-state index is 5.48. The van der Waals surface area contributed by atoms with Crippen molar-refractivity contribution in [1.29, 1.82) is 0 Å². The predicted molar refractivity (Wildman–Crippen MR) is 129 cm³/mol. The number of aromatic nitrogens is 2. The number of aryl methyl sites for hydroxylation is 1. The molecule has 2 heterocycles. The number of pyridine rings is 2. The molecule has 0 aliphatic heterocycles. The third-order valence-electron chi connectivity index (χ3n) is 5.77. The quantitative estimate of drug-likeness (QED) is 0.216. The van der Waals surface area contributed by atoms with E-state index in [0.29, 0.717) is 0 Å². The molecule has 2 aromatic heterocycles. The van der Waals surface area contributed by atoms with E-state index < -0.39 is 17.6 Å². The molecule has 2 aromatic rings. The zero-order valence-corrected chi connectivity index (χ0v) is 22.7. The van der Waals surface area contributed by atoms with Crippen LogP contribution in [0.3, 0.4) is 0 Å². The van der Waals surface area contributed by atoms with Gasteiger partial charge in [0.15, 0.2) is 24.8 Å². The van der Waals surface area contributed by atoms with Crippen molar-refractivity contribution >= 4 is 17.6 Å². The fourth-order valence-corrected chi connectivity index (χ4v) is 7.05. The Morgan fingerprint density at radius 3 is 1.52 bits per heavy atom. The van der Waals surface area contributed by atoms with Crippen LogP contribution in [0.2, 0.25) is 12.1 Å². The molecule has 9 nitrogen and oxygen atoms in total. The molecule has 0 aliphatic carbocycles. The molecule has 0 aliphatic rings. The lowest BCUT2D eigenvalue weighted by Gasteiger charge is -2.23. The van der Waals surface area contributed by atoms with Crippen molar-refractivity contribution < 1.29 is 35.8 Å². The topological polar surface area (TPSA) is 75.2 Å². The van der Waals surface area contributed by atoms with E-state index in [1.165, 1.54) is 5.56 Å². The Labute approximate surface area is 199 Å². The molecule has 0 atom stereocenters. The standard InChI is InChI=1S/C22H38N3O6Si2/c1-26-32(27-2,28-3)19-7-13-23-25-17-11-22(12-18-25)21-9-15-24(16-10-21)14-8-20-33(29-4,30-5)31-6/h9-12,15-18H,7-8,13-14,19-20H2,1-6H3/q+1/p+1. The van der Waals surface area contributed by atoms with Crippen LogP contribution in [0.25, 0.3) is 11.1 Å². The van der Waals surface area contributed by atoms with Crippen LogP contribution in [-0.4, -0.2) is 66.8 Å². The molecule has 0 saturated carbocycles. The van der Waals surface area contributed by atoms with E-state index in [0.717, 1.165) is 43.6 Å². The van der Waals surface area contributed by atoms with E-state index in [1.807, 2.05) is 17.1 Å². The smallest absolute Gasteiger partial charge is 0.377 e. The van der Waals surface area contributed by atoms with Gasteiger partial charge < -0.3 is 26.6 Å². The van der Waals surface area contributed by atoms with Crippen molar-refractivity contribution in [3.05, 3.63) is 49.1 Å². The summed E-state index contributed by atoms with van der Waals surface area (Å²) in [5.41, 5.74) is 5.70. The predicted octanol–water partition coefficient (Wildman–Crippen LogP) is 2.01. The van der Waals surface area contributed by atoms with Gasteiger partial charge in [-0.3, -0.25) is 0 Å². The largest absolute Gasteiger partial charge is 0.500 e. The van der Waals surface area contributed by atoms with E-state index in [9.17, 15) is 0 Å². The van der Waals surface area contributed by atoms with E-state index in [4.69, 9.17) is 26.6 Å². The van der Waals surface area contributed by atoms with Crippen LogP contribution >= 0.6 is 0 Å². The van der Waals surface area contributed by atoms with E-state index in [1.54, 1.807) is 42.7 Å². The fourth-order valence-electron chi connectivity index (χ4n) is 3.63. The van der Waals surface area contributed by atoms with Gasteiger partial charge in [-0.05, 0) is 17.5 Å². The normalized spacial score (nSPS) is 12.2. The molecule has 0 radical (unpaired) electrons. The van der Waals surface area contributed by atoms with Gasteiger partial charge in [-0.2, -0.15) is 5.43 Å². The first-order valence-corrected chi connectivity index (χ1v) is 14.9. The monoisotopic (exact) mass is 497 g/mol. The van der Waals surface area contributed by atoms with Gasteiger partial charge in [0.05, 0.1) is 6.54 Å². The van der Waals surface area contributed by atoms with Gasteiger partial charge in [-0.15, -0.1) is 0 Å². The molecule has 184 valence electrons. The second kappa shape index (κ2) is 13.9. The number of rotatable bonds is 16. The second-order valence-electron chi connectivity index (χ2n) is 7.52. The molecule has 0 bridgehead atoms. The number of nitrogens with zero attached hydrogens (tertiary/aromatic N) is 2. The summed E-state index contributed by atoms with van der Waals surface area (Å²) in [7, 11) is 4.86. The first-order chi connectivity index (χ1) is 16.0. The van der Waals surface area contributed by atoms with Crippen molar-refractivity contribution in [3.8, 4) is 11.1 Å². The Kier molecular flexibility index (Phi) is 11.6. The first kappa shape index (κ1) is 27.5. The molecule has 1 N–H and O–H groups in total. The Hall–Kier alpha value is -1.71. The zero-order chi connectivity index (χ0) is 24.2. The summed E-state index contributed by atoms with van der Waals surface area (Å²) in [5.74, 6) is 0. The second-order valence-corrected chi connectivity index (χ2v) is 13.7. The Morgan fingerprint density at radius 1 is 0.636 bits per heavy atom. The van der Waals surface area contributed by atoms with Crippen LogP contribution in [0.5, 0.6) is 0 Å². The maximum atomic E-state index is 5.48. The molecule has 0 aromatic carbocycles. The summed E-state index contributed by atoms with van der Waals surface area (Å²) < 4.78 is 36.9. The first-order valence-electron chi connectivity index (χ1n) is 11.0. The molecule has 11 heteroatoms. The summed E-state index contributed by atoms with van der Waals surface area (Å²) in [5, 5.41) is 0. The summed E-state index contributed by atoms with van der Waals surface area (Å²) >= 11 is 0. The third-order valence-corrected chi connectivity index (χ3v) is 11.4. The van der Waals surface area contributed by atoms with Crippen molar-refractivity contribution in [3.63, 3.8) is 0 Å². The lowest BCUT2D eigenvalue weighted by Crippen LogP contribution is -2.46. The number of hydrogen-bond acceptors (Lipinski definition) is 7. The molecule has 0 spiro atoms. The molecule has 0 amide bonds. The van der Waals surface area contributed by atoms with E-state index in [2.05, 4.69) is 46.7 Å². The van der Waals surface area contributed by atoms with Crippen LogP contribution in [0.4, 0.5) is 0 Å². The Morgan fingerprint density at radius 2 is 1.06 bits per heavy atom. The van der Waals surface area contributed by atoms with Crippen LogP contribution in [0.15, 0.2) is 49.1 Å². The van der Waals surface area contributed by atoms with Crippen molar-refractivity contribution in [1.82, 2.24) is 0 Å². The van der Waals surface area contributed by atoms with Gasteiger partial charge >= 0.3 is 17.6 Å². The minimum absolute atomic E-state index is 0.762. The highest BCUT2D eigenvalue weighted by molar-refractivity contribution is 6.60. The Balaban J connectivity index is 1.83. The molecule has 0 saturated heterocycles. The highest BCUT2D eigenvalue weighted by atomic mass is 28.4. The zero-order valence-electron chi connectivity index (χ0n) is 20.7. The summed E-state index contributed by atoms with van der Waals surface area (Å²) in [6, 6.07) is 10.00. The van der Waals surface area contributed by atoms with Gasteiger partial charge in [0, 0.05) is 85.4 Å². The van der Waals surface area contributed by atoms with Crippen LogP contribution in [-0.2, 0) is 33.1 Å². The maximum Gasteiger partial charge on any atom is 0.500 e. The van der Waals surface area contributed by atoms with Gasteiger partial charge in [0.1, 0.15) is 6.54 Å². The number of hydrogen-bond donors (Lipinski definition) is 1. The third kappa shape index (κ3) is 7.93. The summed E-state index contributed by atoms with van der Waals surface area (Å²) in [4.78, 5) is 0. The molecule has 0 unspecified atom stereocenters. The van der Waals surface area contributed by atoms with Gasteiger partial charge in [-0.25, -0.2) is 4.57 Å². The number of nitrogens with one attached hydrogen (secondary N) is 1. The fraction of sp³-hybridized carbons (Fsp3) is 0.545. The SMILES string of the molecule is CO[Si](CCCN[n+]1ccc(-c2cc[n+](CCC[Si](OC)(OC)OC)cc2)cc1)(OC)OC. The van der Waals surface area contributed by atoms with Crippen LogP contribution in [0.1, 0.15) is 12.8 Å². The lowest BCUT2D eigenvalue weighted by molar-refractivity contribution is -0.696. The lowest BCUT2D eigenvalue weighted by atomic mass is 10.1. The van der Waals surface area contributed by atoms with Gasteiger partial charge in [-0.1, -0.05) is 4.68 Å². The van der Waals surface area contributed by atoms with Crippen molar-refractivity contribution in [2.75, 3.05) is 54.6 Å². The molecule has 33 heavy (non-hydrogen) atoms. The summed E-state index contributed by atoms with van der Waals surface area (Å²) in [6.07, 6.45) is 10.1. The minimum atomic E-state index is -2.51. The van der Waals surface area contributed by atoms with E-state index >= 15 is 0 Å². The van der Waals surface area contributed by atoms with Crippen LogP contribution < -0.4 is 14.7 Å². The van der Waals surface area contributed by atoms with Gasteiger partial charge in [0.25, 0.3) is 0 Å². The van der Waals surface area contributed by atoms with E-state index in [-0.39, 0.29) is 0 Å². The summed E-state index contributed by atoms with van der Waals surface area (Å²) in [6.45, 7) is 1.67. The minimum Gasteiger partial charge on any atom is -0.377 e. The van der Waals surface area contributed by atoms with Crippen molar-refractivity contribution in [2.24, 2.45) is 0 Å². The van der Waals surface area contributed by atoms with Gasteiger partial charge in [0.2, 0.25) is 0 Å². The molecule has 0 fully saturated rings. The average molecular weight is 498 g/mol. The highest BCUT2D eigenvalue weighted by Gasteiger charge is 2.38. The van der Waals surface area contributed by atoms with Crippen LogP contribution in [0, 0.1) is 0 Å². The van der Waals surface area contributed by atoms with Crippen molar-refractivity contribution in [2.45, 2.75) is 31.5 Å². The molecular formula is C22H39N3O6Si2+2. The average Bonchev–Trinajstić information content (AvgIpc) is 2.88. The molecule has 2 rings (SSSR count).